The Morgan fingerprint density at radius 2 is 2.07 bits per heavy atom. The van der Waals surface area contributed by atoms with Crippen LogP contribution in [-0.2, 0) is 6.18 Å². The molecule has 15 heavy (non-hydrogen) atoms. The van der Waals surface area contributed by atoms with Gasteiger partial charge in [0.1, 0.15) is 11.5 Å². The number of halogens is 3. The van der Waals surface area contributed by atoms with E-state index in [2.05, 4.69) is 9.97 Å². The predicted molar refractivity (Wildman–Crippen MR) is 46.7 cm³/mol. The van der Waals surface area contributed by atoms with Gasteiger partial charge in [-0.2, -0.15) is 13.2 Å². The molecule has 1 atom stereocenters. The first-order valence-electron chi connectivity index (χ1n) is 4.64. The SMILES string of the molecule is NC(c1nccc(C(F)(F)F)n1)C1CC1. The van der Waals surface area contributed by atoms with Gasteiger partial charge in [0.25, 0.3) is 0 Å². The minimum Gasteiger partial charge on any atom is -0.321 e. The van der Waals surface area contributed by atoms with E-state index in [-0.39, 0.29) is 11.7 Å². The third-order valence-corrected chi connectivity index (χ3v) is 2.39. The quantitative estimate of drug-likeness (QED) is 0.823. The first-order chi connectivity index (χ1) is 6.98. The number of rotatable bonds is 2. The maximum atomic E-state index is 12.3. The molecule has 0 aromatic carbocycles. The topological polar surface area (TPSA) is 51.8 Å². The number of hydrogen-bond donors (Lipinski definition) is 1. The van der Waals surface area contributed by atoms with Crippen molar-refractivity contribution in [1.29, 1.82) is 0 Å². The molecule has 1 unspecified atom stereocenters. The first kappa shape index (κ1) is 10.4. The van der Waals surface area contributed by atoms with Gasteiger partial charge in [0.15, 0.2) is 0 Å². The highest BCUT2D eigenvalue weighted by Gasteiger charge is 2.35. The van der Waals surface area contributed by atoms with Crippen LogP contribution in [0.3, 0.4) is 0 Å². The highest BCUT2D eigenvalue weighted by molar-refractivity contribution is 5.09. The average Bonchev–Trinajstić information content (AvgIpc) is 2.99. The number of hydrogen-bond acceptors (Lipinski definition) is 3. The molecule has 1 aliphatic carbocycles. The molecule has 0 spiro atoms. The smallest absolute Gasteiger partial charge is 0.321 e. The molecule has 0 amide bonds. The third-order valence-electron chi connectivity index (χ3n) is 2.39. The van der Waals surface area contributed by atoms with Crippen LogP contribution in [-0.4, -0.2) is 9.97 Å². The number of alkyl halides is 3. The van der Waals surface area contributed by atoms with E-state index in [4.69, 9.17) is 5.73 Å². The van der Waals surface area contributed by atoms with Crippen LogP contribution >= 0.6 is 0 Å². The Morgan fingerprint density at radius 1 is 1.40 bits per heavy atom. The molecule has 0 saturated heterocycles. The largest absolute Gasteiger partial charge is 0.433 e. The third kappa shape index (κ3) is 2.26. The van der Waals surface area contributed by atoms with Crippen molar-refractivity contribution < 1.29 is 13.2 Å². The van der Waals surface area contributed by atoms with Crippen molar-refractivity contribution in [2.24, 2.45) is 11.7 Å². The summed E-state index contributed by atoms with van der Waals surface area (Å²) in [6.07, 6.45) is -1.43. The lowest BCUT2D eigenvalue weighted by atomic mass is 10.2. The molecule has 6 heteroatoms. The number of aromatic nitrogens is 2. The summed E-state index contributed by atoms with van der Waals surface area (Å²) in [5.41, 5.74) is 4.79. The van der Waals surface area contributed by atoms with E-state index in [1.165, 1.54) is 0 Å². The summed E-state index contributed by atoms with van der Waals surface area (Å²) in [5, 5.41) is 0. The molecule has 0 aliphatic heterocycles. The van der Waals surface area contributed by atoms with Crippen LogP contribution in [0.15, 0.2) is 12.3 Å². The van der Waals surface area contributed by atoms with Gasteiger partial charge >= 0.3 is 6.18 Å². The van der Waals surface area contributed by atoms with Gasteiger partial charge < -0.3 is 5.73 Å². The lowest BCUT2D eigenvalue weighted by Crippen LogP contribution is -2.18. The molecule has 1 aromatic heterocycles. The van der Waals surface area contributed by atoms with Crippen LogP contribution in [0.5, 0.6) is 0 Å². The molecule has 2 rings (SSSR count). The maximum Gasteiger partial charge on any atom is 0.433 e. The molecule has 2 N–H and O–H groups in total. The zero-order valence-electron chi connectivity index (χ0n) is 7.83. The Kier molecular flexibility index (Phi) is 2.38. The Labute approximate surface area is 84.5 Å². The van der Waals surface area contributed by atoms with E-state index in [0.717, 1.165) is 25.1 Å². The van der Waals surface area contributed by atoms with Crippen molar-refractivity contribution in [2.45, 2.75) is 25.1 Å². The van der Waals surface area contributed by atoms with Crippen LogP contribution in [0.1, 0.15) is 30.4 Å². The second-order valence-corrected chi connectivity index (χ2v) is 3.66. The molecular formula is C9H10F3N3. The van der Waals surface area contributed by atoms with Crippen molar-refractivity contribution in [1.82, 2.24) is 9.97 Å². The lowest BCUT2D eigenvalue weighted by Gasteiger charge is -2.11. The van der Waals surface area contributed by atoms with Gasteiger partial charge in [0.2, 0.25) is 0 Å². The fraction of sp³-hybridized carbons (Fsp3) is 0.556. The summed E-state index contributed by atoms with van der Waals surface area (Å²) in [6.45, 7) is 0. The van der Waals surface area contributed by atoms with Crippen molar-refractivity contribution >= 4 is 0 Å². The molecule has 82 valence electrons. The van der Waals surface area contributed by atoms with E-state index < -0.39 is 17.9 Å². The van der Waals surface area contributed by atoms with E-state index in [9.17, 15) is 13.2 Å². The van der Waals surface area contributed by atoms with Crippen LogP contribution in [0.25, 0.3) is 0 Å². The monoisotopic (exact) mass is 217 g/mol. The standard InChI is InChI=1S/C9H10F3N3/c10-9(11,12)6-3-4-14-8(15-6)7(13)5-1-2-5/h3-5,7H,1-2,13H2. The second-order valence-electron chi connectivity index (χ2n) is 3.66. The van der Waals surface area contributed by atoms with Gasteiger partial charge in [-0.05, 0) is 24.8 Å². The summed E-state index contributed by atoms with van der Waals surface area (Å²) in [4.78, 5) is 7.22. The van der Waals surface area contributed by atoms with E-state index >= 15 is 0 Å². The molecule has 0 radical (unpaired) electrons. The normalized spacial score (nSPS) is 18.9. The number of nitrogens with two attached hydrogens (primary N) is 1. The van der Waals surface area contributed by atoms with E-state index in [1.807, 2.05) is 0 Å². The van der Waals surface area contributed by atoms with Crippen LogP contribution in [0.4, 0.5) is 13.2 Å². The fourth-order valence-corrected chi connectivity index (χ4v) is 1.36. The van der Waals surface area contributed by atoms with Crippen LogP contribution in [0.2, 0.25) is 0 Å². The lowest BCUT2D eigenvalue weighted by molar-refractivity contribution is -0.141. The molecule has 1 heterocycles. The Morgan fingerprint density at radius 3 is 2.60 bits per heavy atom. The Hall–Kier alpha value is -1.17. The molecule has 1 aromatic rings. The molecule has 1 aliphatic rings. The molecule has 0 bridgehead atoms. The van der Waals surface area contributed by atoms with Crippen molar-refractivity contribution in [2.75, 3.05) is 0 Å². The number of nitrogens with zero attached hydrogens (tertiary/aromatic N) is 2. The van der Waals surface area contributed by atoms with Crippen LogP contribution in [0, 0.1) is 5.92 Å². The summed E-state index contributed by atoms with van der Waals surface area (Å²) >= 11 is 0. The first-order valence-corrected chi connectivity index (χ1v) is 4.64. The van der Waals surface area contributed by atoms with Gasteiger partial charge in [-0.1, -0.05) is 0 Å². The average molecular weight is 217 g/mol. The summed E-state index contributed by atoms with van der Waals surface area (Å²) in [5.74, 6) is 0.334. The van der Waals surface area contributed by atoms with E-state index in [0.29, 0.717) is 0 Å². The molecular weight excluding hydrogens is 207 g/mol. The van der Waals surface area contributed by atoms with Crippen molar-refractivity contribution in [3.8, 4) is 0 Å². The van der Waals surface area contributed by atoms with E-state index in [1.54, 1.807) is 0 Å². The summed E-state index contributed by atoms with van der Waals surface area (Å²) in [6, 6.07) is 0.385. The zero-order valence-corrected chi connectivity index (χ0v) is 7.83. The van der Waals surface area contributed by atoms with Gasteiger partial charge in [-0.3, -0.25) is 0 Å². The van der Waals surface area contributed by atoms with Crippen LogP contribution < -0.4 is 5.73 Å². The zero-order chi connectivity index (χ0) is 11.1. The summed E-state index contributed by atoms with van der Waals surface area (Å²) < 4.78 is 37.0. The fourth-order valence-electron chi connectivity index (χ4n) is 1.36. The minimum atomic E-state index is -4.43. The maximum absolute atomic E-state index is 12.3. The summed E-state index contributed by atoms with van der Waals surface area (Å²) in [7, 11) is 0. The van der Waals surface area contributed by atoms with Gasteiger partial charge in [-0.15, -0.1) is 0 Å². The minimum absolute atomic E-state index is 0.0901. The van der Waals surface area contributed by atoms with Crippen molar-refractivity contribution in [3.05, 3.63) is 23.8 Å². The second kappa shape index (κ2) is 3.44. The molecule has 1 saturated carbocycles. The molecule has 3 nitrogen and oxygen atoms in total. The highest BCUT2D eigenvalue weighted by atomic mass is 19.4. The Bertz CT molecular complexity index is 360. The Balaban J connectivity index is 2.25. The molecule has 1 fully saturated rings. The highest BCUT2D eigenvalue weighted by Crippen LogP contribution is 2.38. The van der Waals surface area contributed by atoms with Gasteiger partial charge in [0, 0.05) is 6.20 Å². The predicted octanol–water partition coefficient (Wildman–Crippen LogP) is 1.91. The van der Waals surface area contributed by atoms with Gasteiger partial charge in [0.05, 0.1) is 6.04 Å². The van der Waals surface area contributed by atoms with Gasteiger partial charge in [-0.25, -0.2) is 9.97 Å². The van der Waals surface area contributed by atoms with Crippen molar-refractivity contribution in [3.63, 3.8) is 0 Å².